The standard InChI is InChI=1S/C13H21N3O/c1-4-7-15-12-9-10(13(17)14-6-3)8-11(5-2)16-12/h8-9H,4-7H2,1-3H3,(H,14,17)(H,15,16). The third-order valence-electron chi connectivity index (χ3n) is 2.40. The molecule has 1 aromatic rings. The number of nitrogens with one attached hydrogen (secondary N) is 2. The van der Waals surface area contributed by atoms with Crippen LogP contribution in [0.1, 0.15) is 43.2 Å². The van der Waals surface area contributed by atoms with E-state index in [0.29, 0.717) is 12.1 Å². The molecule has 4 nitrogen and oxygen atoms in total. The normalized spacial score (nSPS) is 10.1. The summed E-state index contributed by atoms with van der Waals surface area (Å²) in [4.78, 5) is 16.2. The number of nitrogens with zero attached hydrogens (tertiary/aromatic N) is 1. The fraction of sp³-hybridized carbons (Fsp3) is 0.538. The van der Waals surface area contributed by atoms with E-state index < -0.39 is 0 Å². The van der Waals surface area contributed by atoms with Crippen molar-refractivity contribution in [2.24, 2.45) is 0 Å². The molecule has 0 atom stereocenters. The van der Waals surface area contributed by atoms with Gasteiger partial charge in [-0.2, -0.15) is 0 Å². The van der Waals surface area contributed by atoms with Crippen molar-refractivity contribution in [1.29, 1.82) is 0 Å². The quantitative estimate of drug-likeness (QED) is 0.795. The first kappa shape index (κ1) is 13.5. The Labute approximate surface area is 103 Å². The number of pyridine rings is 1. The van der Waals surface area contributed by atoms with Gasteiger partial charge in [-0.25, -0.2) is 4.98 Å². The average molecular weight is 235 g/mol. The molecule has 0 aliphatic heterocycles. The molecule has 1 heterocycles. The van der Waals surface area contributed by atoms with Gasteiger partial charge in [-0.15, -0.1) is 0 Å². The Kier molecular flexibility index (Phi) is 5.46. The maximum atomic E-state index is 11.8. The summed E-state index contributed by atoms with van der Waals surface area (Å²) >= 11 is 0. The van der Waals surface area contributed by atoms with Crippen molar-refractivity contribution in [3.8, 4) is 0 Å². The number of hydrogen-bond acceptors (Lipinski definition) is 3. The van der Waals surface area contributed by atoms with Crippen LogP contribution in [-0.4, -0.2) is 24.0 Å². The van der Waals surface area contributed by atoms with Crippen molar-refractivity contribution in [2.45, 2.75) is 33.6 Å². The minimum atomic E-state index is -0.0378. The van der Waals surface area contributed by atoms with Crippen LogP contribution < -0.4 is 10.6 Å². The maximum Gasteiger partial charge on any atom is 0.251 e. The van der Waals surface area contributed by atoms with Crippen molar-refractivity contribution < 1.29 is 4.79 Å². The summed E-state index contributed by atoms with van der Waals surface area (Å²) in [6, 6.07) is 3.65. The minimum Gasteiger partial charge on any atom is -0.370 e. The molecule has 1 rings (SSSR count). The third-order valence-corrected chi connectivity index (χ3v) is 2.40. The summed E-state index contributed by atoms with van der Waals surface area (Å²) < 4.78 is 0. The Morgan fingerprint density at radius 1 is 1.29 bits per heavy atom. The van der Waals surface area contributed by atoms with E-state index in [4.69, 9.17) is 0 Å². The highest BCUT2D eigenvalue weighted by molar-refractivity contribution is 5.94. The SMILES string of the molecule is CCCNc1cc(C(=O)NCC)cc(CC)n1. The number of carbonyl (C=O) groups is 1. The molecule has 0 aliphatic rings. The molecule has 0 spiro atoms. The monoisotopic (exact) mass is 235 g/mol. The maximum absolute atomic E-state index is 11.8. The molecule has 1 aromatic heterocycles. The van der Waals surface area contributed by atoms with Gasteiger partial charge in [-0.3, -0.25) is 4.79 Å². The number of aryl methyl sites for hydroxylation is 1. The van der Waals surface area contributed by atoms with Gasteiger partial charge in [0.1, 0.15) is 5.82 Å². The summed E-state index contributed by atoms with van der Waals surface area (Å²) in [7, 11) is 0. The second kappa shape index (κ2) is 6.89. The van der Waals surface area contributed by atoms with Crippen molar-refractivity contribution in [3.05, 3.63) is 23.4 Å². The lowest BCUT2D eigenvalue weighted by Crippen LogP contribution is -2.23. The van der Waals surface area contributed by atoms with Crippen molar-refractivity contribution >= 4 is 11.7 Å². The highest BCUT2D eigenvalue weighted by Gasteiger charge is 2.08. The van der Waals surface area contributed by atoms with Crippen LogP contribution >= 0.6 is 0 Å². The summed E-state index contributed by atoms with van der Waals surface area (Å²) in [5.74, 6) is 0.747. The molecule has 94 valence electrons. The lowest BCUT2D eigenvalue weighted by atomic mass is 10.2. The van der Waals surface area contributed by atoms with Crippen molar-refractivity contribution in [3.63, 3.8) is 0 Å². The van der Waals surface area contributed by atoms with E-state index in [-0.39, 0.29) is 5.91 Å². The summed E-state index contributed by atoms with van der Waals surface area (Å²) in [6.45, 7) is 7.56. The largest absolute Gasteiger partial charge is 0.370 e. The van der Waals surface area contributed by atoms with Gasteiger partial charge in [0, 0.05) is 24.3 Å². The highest BCUT2D eigenvalue weighted by Crippen LogP contribution is 2.11. The summed E-state index contributed by atoms with van der Waals surface area (Å²) in [5, 5.41) is 6.02. The Morgan fingerprint density at radius 2 is 2.06 bits per heavy atom. The van der Waals surface area contributed by atoms with E-state index in [1.165, 1.54) is 0 Å². The van der Waals surface area contributed by atoms with Gasteiger partial charge in [0.05, 0.1) is 0 Å². The lowest BCUT2D eigenvalue weighted by Gasteiger charge is -2.09. The van der Waals surface area contributed by atoms with E-state index in [2.05, 4.69) is 22.5 Å². The third kappa shape index (κ3) is 4.06. The smallest absolute Gasteiger partial charge is 0.251 e. The molecule has 17 heavy (non-hydrogen) atoms. The van der Waals surface area contributed by atoms with Gasteiger partial charge in [0.15, 0.2) is 0 Å². The molecule has 0 unspecified atom stereocenters. The van der Waals surface area contributed by atoms with E-state index >= 15 is 0 Å². The van der Waals surface area contributed by atoms with Crippen LogP contribution in [0.2, 0.25) is 0 Å². The van der Waals surface area contributed by atoms with Gasteiger partial charge in [-0.1, -0.05) is 13.8 Å². The molecule has 0 fully saturated rings. The lowest BCUT2D eigenvalue weighted by molar-refractivity contribution is 0.0955. The first-order valence-electron chi connectivity index (χ1n) is 6.24. The number of carbonyl (C=O) groups excluding carboxylic acids is 1. The Hall–Kier alpha value is -1.58. The first-order chi connectivity index (χ1) is 8.21. The molecule has 0 bridgehead atoms. The zero-order chi connectivity index (χ0) is 12.7. The average Bonchev–Trinajstić information content (AvgIpc) is 2.36. The molecule has 0 saturated carbocycles. The first-order valence-corrected chi connectivity index (χ1v) is 6.24. The van der Waals surface area contributed by atoms with Gasteiger partial charge in [-0.05, 0) is 31.9 Å². The molecular weight excluding hydrogens is 214 g/mol. The van der Waals surface area contributed by atoms with Crippen LogP contribution in [-0.2, 0) is 6.42 Å². The van der Waals surface area contributed by atoms with Crippen LogP contribution in [0, 0.1) is 0 Å². The number of hydrogen-bond donors (Lipinski definition) is 2. The van der Waals surface area contributed by atoms with Crippen LogP contribution in [0.15, 0.2) is 12.1 Å². The predicted molar refractivity (Wildman–Crippen MR) is 70.4 cm³/mol. The van der Waals surface area contributed by atoms with Crippen LogP contribution in [0.4, 0.5) is 5.82 Å². The summed E-state index contributed by atoms with van der Waals surface area (Å²) in [6.07, 6.45) is 1.86. The fourth-order valence-corrected chi connectivity index (χ4v) is 1.51. The zero-order valence-electron chi connectivity index (χ0n) is 10.8. The van der Waals surface area contributed by atoms with Crippen molar-refractivity contribution in [1.82, 2.24) is 10.3 Å². The van der Waals surface area contributed by atoms with Gasteiger partial charge < -0.3 is 10.6 Å². The highest BCUT2D eigenvalue weighted by atomic mass is 16.1. The van der Waals surface area contributed by atoms with Gasteiger partial charge >= 0.3 is 0 Å². The molecule has 0 saturated heterocycles. The van der Waals surface area contributed by atoms with Crippen LogP contribution in [0.25, 0.3) is 0 Å². The van der Waals surface area contributed by atoms with Gasteiger partial charge in [0.25, 0.3) is 5.91 Å². The van der Waals surface area contributed by atoms with Crippen LogP contribution in [0.3, 0.4) is 0 Å². The van der Waals surface area contributed by atoms with Gasteiger partial charge in [0.2, 0.25) is 0 Å². The number of rotatable bonds is 6. The molecular formula is C13H21N3O. The van der Waals surface area contributed by atoms with E-state index in [0.717, 1.165) is 30.9 Å². The van der Waals surface area contributed by atoms with Crippen LogP contribution in [0.5, 0.6) is 0 Å². The number of anilines is 1. The van der Waals surface area contributed by atoms with Crippen molar-refractivity contribution in [2.75, 3.05) is 18.4 Å². The number of aromatic nitrogens is 1. The minimum absolute atomic E-state index is 0.0378. The van der Waals surface area contributed by atoms with E-state index in [1.54, 1.807) is 6.07 Å². The molecule has 4 heteroatoms. The topological polar surface area (TPSA) is 54.0 Å². The second-order valence-corrected chi connectivity index (χ2v) is 3.87. The zero-order valence-corrected chi connectivity index (χ0v) is 10.8. The Bertz CT molecular complexity index is 377. The van der Waals surface area contributed by atoms with E-state index in [9.17, 15) is 4.79 Å². The molecule has 0 aliphatic carbocycles. The fourth-order valence-electron chi connectivity index (χ4n) is 1.51. The predicted octanol–water partition coefficient (Wildman–Crippen LogP) is 2.22. The van der Waals surface area contributed by atoms with E-state index in [1.807, 2.05) is 19.9 Å². The summed E-state index contributed by atoms with van der Waals surface area (Å²) in [5.41, 5.74) is 1.62. The number of amides is 1. The molecule has 2 N–H and O–H groups in total. The molecule has 1 amide bonds. The Morgan fingerprint density at radius 3 is 2.65 bits per heavy atom. The Balaban J connectivity index is 2.92. The molecule has 0 radical (unpaired) electrons. The molecule has 0 aromatic carbocycles. The second-order valence-electron chi connectivity index (χ2n) is 3.87.